The zero-order valence-corrected chi connectivity index (χ0v) is 12.4. The van der Waals surface area contributed by atoms with Gasteiger partial charge in [-0.3, -0.25) is 0 Å². The highest BCUT2D eigenvalue weighted by Gasteiger charge is 2.31. The normalized spacial score (nSPS) is 29.2. The molecule has 0 amide bonds. The fourth-order valence-corrected chi connectivity index (χ4v) is 3.81. The van der Waals surface area contributed by atoms with Gasteiger partial charge in [0.25, 0.3) is 0 Å². The first-order valence-corrected chi connectivity index (χ1v) is 8.65. The van der Waals surface area contributed by atoms with E-state index in [4.69, 9.17) is 0 Å². The smallest absolute Gasteiger partial charge is 0.147 e. The van der Waals surface area contributed by atoms with Gasteiger partial charge in [0, 0.05) is 12.3 Å². The first-order chi connectivity index (χ1) is 7.68. The Kier molecular flexibility index (Phi) is 5.02. The number of hydrogen-bond acceptors (Lipinski definition) is 3. The van der Waals surface area contributed by atoms with E-state index in [1.54, 1.807) is 0 Å². The van der Waals surface area contributed by atoms with Crippen LogP contribution in [-0.2, 0) is 9.84 Å². The quantitative estimate of drug-likeness (QED) is 0.772. The molecule has 2 atom stereocenters. The summed E-state index contributed by atoms with van der Waals surface area (Å²) in [5, 5.41) is 3.52. The molecule has 1 N–H and O–H groups in total. The van der Waals surface area contributed by atoms with Gasteiger partial charge in [0.05, 0.1) is 5.75 Å². The first kappa shape index (κ1) is 15.0. The Morgan fingerprint density at radius 2 is 1.94 bits per heavy atom. The van der Waals surface area contributed by atoms with E-state index in [1.165, 1.54) is 25.5 Å². The van der Waals surface area contributed by atoms with E-state index in [0.29, 0.717) is 17.2 Å². The van der Waals surface area contributed by atoms with E-state index in [2.05, 4.69) is 26.1 Å². The summed E-state index contributed by atoms with van der Waals surface area (Å²) in [5.74, 6) is 1.07. The van der Waals surface area contributed by atoms with Crippen LogP contribution in [0.4, 0.5) is 0 Å². The van der Waals surface area contributed by atoms with Crippen LogP contribution >= 0.6 is 0 Å². The molecule has 102 valence electrons. The van der Waals surface area contributed by atoms with Crippen LogP contribution in [0.1, 0.15) is 46.5 Å². The third kappa shape index (κ3) is 6.41. The molecular formula is C13H27NO2S. The molecule has 0 aromatic heterocycles. The molecule has 0 aliphatic heterocycles. The van der Waals surface area contributed by atoms with Crippen molar-refractivity contribution in [2.24, 2.45) is 11.3 Å². The molecule has 1 fully saturated rings. The zero-order valence-electron chi connectivity index (χ0n) is 11.6. The van der Waals surface area contributed by atoms with Gasteiger partial charge in [-0.25, -0.2) is 8.42 Å². The molecule has 1 saturated carbocycles. The van der Waals surface area contributed by atoms with E-state index in [1.807, 2.05) is 0 Å². The van der Waals surface area contributed by atoms with E-state index in [0.717, 1.165) is 18.9 Å². The van der Waals surface area contributed by atoms with Crippen LogP contribution in [0, 0.1) is 11.3 Å². The van der Waals surface area contributed by atoms with E-state index in [-0.39, 0.29) is 0 Å². The number of hydrogen-bond donors (Lipinski definition) is 1. The standard InChI is InChI=1S/C13H27NO2S/c1-11-8-12(10-13(2,3)9-11)14-6-5-7-17(4,15)16/h11-12,14H,5-10H2,1-4H3. The third-order valence-electron chi connectivity index (χ3n) is 3.51. The van der Waals surface area contributed by atoms with Crippen molar-refractivity contribution < 1.29 is 8.42 Å². The van der Waals surface area contributed by atoms with Crippen LogP contribution in [0.25, 0.3) is 0 Å². The van der Waals surface area contributed by atoms with Crippen molar-refractivity contribution in [2.75, 3.05) is 18.6 Å². The molecule has 0 aromatic carbocycles. The lowest BCUT2D eigenvalue weighted by atomic mass is 9.70. The highest BCUT2D eigenvalue weighted by molar-refractivity contribution is 7.90. The molecule has 1 rings (SSSR count). The van der Waals surface area contributed by atoms with Crippen molar-refractivity contribution in [2.45, 2.75) is 52.5 Å². The Labute approximate surface area is 106 Å². The Bertz CT molecular complexity index is 335. The molecule has 0 radical (unpaired) electrons. The van der Waals surface area contributed by atoms with Crippen LogP contribution < -0.4 is 5.32 Å². The van der Waals surface area contributed by atoms with E-state index in [9.17, 15) is 8.42 Å². The number of nitrogens with one attached hydrogen (secondary N) is 1. The fraction of sp³-hybridized carbons (Fsp3) is 1.00. The number of sulfone groups is 1. The molecule has 0 spiro atoms. The van der Waals surface area contributed by atoms with Gasteiger partial charge < -0.3 is 5.32 Å². The maximum atomic E-state index is 11.0. The summed E-state index contributed by atoms with van der Waals surface area (Å²) in [6, 6.07) is 0.563. The lowest BCUT2D eigenvalue weighted by Gasteiger charge is -2.39. The van der Waals surface area contributed by atoms with Crippen molar-refractivity contribution in [1.29, 1.82) is 0 Å². The molecule has 1 aliphatic rings. The minimum Gasteiger partial charge on any atom is -0.314 e. The van der Waals surface area contributed by atoms with Gasteiger partial charge in [0.1, 0.15) is 9.84 Å². The van der Waals surface area contributed by atoms with Crippen LogP contribution in [0.3, 0.4) is 0 Å². The third-order valence-corrected chi connectivity index (χ3v) is 4.54. The summed E-state index contributed by atoms with van der Waals surface area (Å²) >= 11 is 0. The summed E-state index contributed by atoms with van der Waals surface area (Å²) in [6.07, 6.45) is 5.76. The molecule has 1 aliphatic carbocycles. The van der Waals surface area contributed by atoms with Gasteiger partial charge >= 0.3 is 0 Å². The SMILES string of the molecule is CC1CC(NCCCS(C)(=O)=O)CC(C)(C)C1. The second-order valence-corrected chi connectivity index (χ2v) is 8.81. The molecule has 0 bridgehead atoms. The minimum absolute atomic E-state index is 0.297. The second kappa shape index (κ2) is 5.70. The minimum atomic E-state index is -2.80. The molecule has 4 heteroatoms. The van der Waals surface area contributed by atoms with Gasteiger partial charge in [0.2, 0.25) is 0 Å². The first-order valence-electron chi connectivity index (χ1n) is 6.59. The number of rotatable bonds is 5. The lowest BCUT2D eigenvalue weighted by molar-refractivity contribution is 0.152. The summed E-state index contributed by atoms with van der Waals surface area (Å²) in [7, 11) is -2.80. The van der Waals surface area contributed by atoms with Crippen molar-refractivity contribution in [3.05, 3.63) is 0 Å². The van der Waals surface area contributed by atoms with Gasteiger partial charge in [-0.1, -0.05) is 20.8 Å². The van der Waals surface area contributed by atoms with Crippen molar-refractivity contribution in [1.82, 2.24) is 5.32 Å². The Morgan fingerprint density at radius 3 is 2.47 bits per heavy atom. The predicted octanol–water partition coefficient (Wildman–Crippen LogP) is 2.23. The topological polar surface area (TPSA) is 46.2 Å². The predicted molar refractivity (Wildman–Crippen MR) is 72.9 cm³/mol. The molecule has 0 saturated heterocycles. The van der Waals surface area contributed by atoms with E-state index < -0.39 is 9.84 Å². The largest absolute Gasteiger partial charge is 0.314 e. The lowest BCUT2D eigenvalue weighted by Crippen LogP contribution is -2.40. The summed E-state index contributed by atoms with van der Waals surface area (Å²) in [6.45, 7) is 7.79. The van der Waals surface area contributed by atoms with Crippen LogP contribution in [-0.4, -0.2) is 33.0 Å². The Morgan fingerprint density at radius 1 is 1.29 bits per heavy atom. The van der Waals surface area contributed by atoms with Gasteiger partial charge in [-0.15, -0.1) is 0 Å². The molecule has 17 heavy (non-hydrogen) atoms. The highest BCUT2D eigenvalue weighted by atomic mass is 32.2. The summed E-state index contributed by atoms with van der Waals surface area (Å²) < 4.78 is 22.0. The molecule has 2 unspecified atom stereocenters. The maximum absolute atomic E-state index is 11.0. The Hall–Kier alpha value is -0.0900. The van der Waals surface area contributed by atoms with Crippen molar-refractivity contribution in [3.63, 3.8) is 0 Å². The van der Waals surface area contributed by atoms with Gasteiger partial charge in [-0.05, 0) is 43.6 Å². The highest BCUT2D eigenvalue weighted by Crippen LogP contribution is 2.38. The summed E-state index contributed by atoms with van der Waals surface area (Å²) in [4.78, 5) is 0. The molecule has 3 nitrogen and oxygen atoms in total. The van der Waals surface area contributed by atoms with Gasteiger partial charge in [-0.2, -0.15) is 0 Å². The zero-order chi connectivity index (χ0) is 13.1. The van der Waals surface area contributed by atoms with Crippen LogP contribution in [0.2, 0.25) is 0 Å². The van der Waals surface area contributed by atoms with Crippen LogP contribution in [0.5, 0.6) is 0 Å². The maximum Gasteiger partial charge on any atom is 0.147 e. The molecular weight excluding hydrogens is 234 g/mol. The van der Waals surface area contributed by atoms with Gasteiger partial charge in [0.15, 0.2) is 0 Å². The Balaban J connectivity index is 2.27. The average molecular weight is 261 g/mol. The fourth-order valence-electron chi connectivity index (χ4n) is 3.14. The summed E-state index contributed by atoms with van der Waals surface area (Å²) in [5.41, 5.74) is 0.423. The van der Waals surface area contributed by atoms with Crippen molar-refractivity contribution >= 4 is 9.84 Å². The van der Waals surface area contributed by atoms with E-state index >= 15 is 0 Å². The monoisotopic (exact) mass is 261 g/mol. The average Bonchev–Trinajstić information content (AvgIpc) is 2.07. The van der Waals surface area contributed by atoms with Crippen LogP contribution in [0.15, 0.2) is 0 Å². The molecule has 0 aromatic rings. The molecule has 0 heterocycles. The van der Waals surface area contributed by atoms with Crippen molar-refractivity contribution in [3.8, 4) is 0 Å². The second-order valence-electron chi connectivity index (χ2n) is 6.55.